The van der Waals surface area contributed by atoms with E-state index in [9.17, 15) is 4.79 Å². The third-order valence-corrected chi connectivity index (χ3v) is 5.49. The van der Waals surface area contributed by atoms with Crippen LogP contribution in [0.5, 0.6) is 0 Å². The van der Waals surface area contributed by atoms with Crippen LogP contribution in [0, 0.1) is 12.8 Å². The molecule has 7 nitrogen and oxygen atoms in total. The zero-order chi connectivity index (χ0) is 20.0. The van der Waals surface area contributed by atoms with Gasteiger partial charge in [0.25, 0.3) is 0 Å². The standard InChI is InChI=1S/C22H20N6O/c1-12-4-2-3-5-15(12)19-6-13-7-20(24-11-18(13)21(23)27-19)28-22(29)17-8-16(17)14-9-25-26-10-14/h2-7,9-11,16-17H,8H2,1H3,(H2,23,27)(H,25,26)(H,24,28,29)/t16-,17+/m0/s1. The van der Waals surface area contributed by atoms with Gasteiger partial charge < -0.3 is 11.1 Å². The van der Waals surface area contributed by atoms with Gasteiger partial charge in [0.1, 0.15) is 11.6 Å². The number of aryl methyl sites for hydroxylation is 1. The van der Waals surface area contributed by atoms with E-state index in [4.69, 9.17) is 5.73 Å². The number of carbonyl (C=O) groups is 1. The highest BCUT2D eigenvalue weighted by Gasteiger charge is 2.44. The van der Waals surface area contributed by atoms with Crippen LogP contribution in [-0.4, -0.2) is 26.1 Å². The molecule has 0 bridgehead atoms. The Morgan fingerprint density at radius 1 is 1.24 bits per heavy atom. The van der Waals surface area contributed by atoms with Gasteiger partial charge in [-0.3, -0.25) is 9.89 Å². The number of nitrogens with two attached hydrogens (primary N) is 1. The summed E-state index contributed by atoms with van der Waals surface area (Å²) in [5.41, 5.74) is 10.2. The molecular weight excluding hydrogens is 364 g/mol. The van der Waals surface area contributed by atoms with Crippen molar-refractivity contribution >= 4 is 28.3 Å². The van der Waals surface area contributed by atoms with E-state index in [1.54, 1.807) is 12.4 Å². The number of aromatic nitrogens is 4. The Morgan fingerprint density at radius 2 is 2.10 bits per heavy atom. The maximum absolute atomic E-state index is 12.6. The van der Waals surface area contributed by atoms with E-state index in [2.05, 4.69) is 25.5 Å². The summed E-state index contributed by atoms with van der Waals surface area (Å²) in [6, 6.07) is 11.9. The van der Waals surface area contributed by atoms with Crippen LogP contribution in [0.4, 0.5) is 11.6 Å². The monoisotopic (exact) mass is 384 g/mol. The van der Waals surface area contributed by atoms with Gasteiger partial charge in [-0.2, -0.15) is 5.10 Å². The molecule has 0 radical (unpaired) electrons. The highest BCUT2D eigenvalue weighted by molar-refractivity contribution is 5.98. The lowest BCUT2D eigenvalue weighted by Crippen LogP contribution is -2.15. The summed E-state index contributed by atoms with van der Waals surface area (Å²) < 4.78 is 0. The normalized spacial score (nSPS) is 18.0. The first-order valence-corrected chi connectivity index (χ1v) is 9.52. The van der Waals surface area contributed by atoms with Crippen LogP contribution in [0.1, 0.15) is 23.5 Å². The number of fused-ring (bicyclic) bond motifs is 1. The molecule has 3 heterocycles. The quantitative estimate of drug-likeness (QED) is 0.497. The molecule has 0 spiro atoms. The highest BCUT2D eigenvalue weighted by atomic mass is 16.2. The molecule has 1 amide bonds. The predicted molar refractivity (Wildman–Crippen MR) is 112 cm³/mol. The number of nitrogens with zero attached hydrogens (tertiary/aromatic N) is 3. The maximum Gasteiger partial charge on any atom is 0.229 e. The zero-order valence-electron chi connectivity index (χ0n) is 15.9. The molecule has 2 atom stereocenters. The number of carbonyl (C=O) groups excluding carboxylic acids is 1. The third-order valence-electron chi connectivity index (χ3n) is 5.49. The minimum atomic E-state index is -0.0462. The molecule has 0 saturated heterocycles. The first-order valence-electron chi connectivity index (χ1n) is 9.52. The molecular formula is C22H20N6O. The van der Waals surface area contributed by atoms with E-state index in [0.29, 0.717) is 11.6 Å². The van der Waals surface area contributed by atoms with Crippen LogP contribution in [0.15, 0.2) is 55.0 Å². The minimum Gasteiger partial charge on any atom is -0.383 e. The van der Waals surface area contributed by atoms with Gasteiger partial charge >= 0.3 is 0 Å². The molecule has 0 unspecified atom stereocenters. The molecule has 29 heavy (non-hydrogen) atoms. The summed E-state index contributed by atoms with van der Waals surface area (Å²) in [5.74, 6) is 1.09. The SMILES string of the molecule is Cc1ccccc1-c1cc2cc(NC(=O)[C@@H]3C[C@H]3c3cn[nH]c3)ncc2c(N)n1. The Labute approximate surface area is 167 Å². The topological polar surface area (TPSA) is 110 Å². The molecule has 1 aliphatic rings. The van der Waals surface area contributed by atoms with Crippen molar-refractivity contribution in [1.29, 1.82) is 0 Å². The fraction of sp³-hybridized carbons (Fsp3) is 0.182. The van der Waals surface area contributed by atoms with Gasteiger partial charge in [-0.25, -0.2) is 9.97 Å². The predicted octanol–water partition coefficient (Wildman–Crippen LogP) is 3.65. The van der Waals surface area contributed by atoms with Crippen molar-refractivity contribution in [2.24, 2.45) is 5.92 Å². The van der Waals surface area contributed by atoms with Crippen molar-refractivity contribution in [2.45, 2.75) is 19.3 Å². The van der Waals surface area contributed by atoms with Crippen molar-refractivity contribution in [3.63, 3.8) is 0 Å². The third kappa shape index (κ3) is 3.20. The fourth-order valence-corrected chi connectivity index (χ4v) is 3.78. The Balaban J connectivity index is 1.42. The molecule has 1 aromatic carbocycles. The number of hydrogen-bond donors (Lipinski definition) is 3. The van der Waals surface area contributed by atoms with E-state index < -0.39 is 0 Å². The van der Waals surface area contributed by atoms with Crippen molar-refractivity contribution in [1.82, 2.24) is 20.2 Å². The molecule has 1 fully saturated rings. The van der Waals surface area contributed by atoms with E-state index in [1.807, 2.05) is 49.5 Å². The largest absolute Gasteiger partial charge is 0.383 e. The Morgan fingerprint density at radius 3 is 2.90 bits per heavy atom. The summed E-state index contributed by atoms with van der Waals surface area (Å²) in [6.45, 7) is 2.04. The van der Waals surface area contributed by atoms with Crippen LogP contribution >= 0.6 is 0 Å². The average Bonchev–Trinajstić information content (AvgIpc) is 3.33. The molecule has 1 saturated carbocycles. The summed E-state index contributed by atoms with van der Waals surface area (Å²) in [7, 11) is 0. The van der Waals surface area contributed by atoms with Crippen molar-refractivity contribution in [3.8, 4) is 11.3 Å². The zero-order valence-corrected chi connectivity index (χ0v) is 15.9. The number of rotatable bonds is 4. The molecule has 0 aliphatic heterocycles. The molecule has 3 aromatic heterocycles. The number of amides is 1. The average molecular weight is 384 g/mol. The maximum atomic E-state index is 12.6. The number of anilines is 2. The molecule has 4 N–H and O–H groups in total. The van der Waals surface area contributed by atoms with Gasteiger partial charge in [0, 0.05) is 29.3 Å². The van der Waals surface area contributed by atoms with E-state index in [0.717, 1.165) is 39.6 Å². The van der Waals surface area contributed by atoms with E-state index in [1.165, 1.54) is 0 Å². The van der Waals surface area contributed by atoms with Crippen LogP contribution in [0.2, 0.25) is 0 Å². The summed E-state index contributed by atoms with van der Waals surface area (Å²) >= 11 is 0. The van der Waals surface area contributed by atoms with Gasteiger partial charge in [-0.1, -0.05) is 24.3 Å². The van der Waals surface area contributed by atoms with Crippen molar-refractivity contribution in [2.75, 3.05) is 11.1 Å². The smallest absolute Gasteiger partial charge is 0.229 e. The van der Waals surface area contributed by atoms with Crippen LogP contribution in [-0.2, 0) is 4.79 Å². The highest BCUT2D eigenvalue weighted by Crippen LogP contribution is 2.47. The summed E-state index contributed by atoms with van der Waals surface area (Å²) in [4.78, 5) is 21.5. The number of nitrogens with one attached hydrogen (secondary N) is 2. The van der Waals surface area contributed by atoms with Crippen LogP contribution in [0.25, 0.3) is 22.0 Å². The molecule has 5 rings (SSSR count). The molecule has 4 aromatic rings. The number of aromatic amines is 1. The number of benzene rings is 1. The Bertz CT molecular complexity index is 1220. The molecule has 7 heteroatoms. The first kappa shape index (κ1) is 17.4. The first-order chi connectivity index (χ1) is 14.1. The summed E-state index contributed by atoms with van der Waals surface area (Å²) in [6.07, 6.45) is 6.10. The number of nitrogen functional groups attached to an aromatic ring is 1. The van der Waals surface area contributed by atoms with Crippen molar-refractivity contribution in [3.05, 3.63) is 66.1 Å². The lowest BCUT2D eigenvalue weighted by Gasteiger charge is -2.10. The lowest BCUT2D eigenvalue weighted by molar-refractivity contribution is -0.117. The van der Waals surface area contributed by atoms with E-state index >= 15 is 0 Å². The van der Waals surface area contributed by atoms with Gasteiger partial charge in [0.05, 0.1) is 11.9 Å². The lowest BCUT2D eigenvalue weighted by atomic mass is 10.0. The summed E-state index contributed by atoms with van der Waals surface area (Å²) in [5, 5.41) is 11.3. The van der Waals surface area contributed by atoms with E-state index in [-0.39, 0.29) is 17.7 Å². The fourth-order valence-electron chi connectivity index (χ4n) is 3.78. The van der Waals surface area contributed by atoms with Gasteiger partial charge in [-0.05, 0) is 47.9 Å². The number of hydrogen-bond acceptors (Lipinski definition) is 5. The van der Waals surface area contributed by atoms with Gasteiger partial charge in [0.15, 0.2) is 0 Å². The second-order valence-corrected chi connectivity index (χ2v) is 7.47. The minimum absolute atomic E-state index is 0.0239. The van der Waals surface area contributed by atoms with Crippen LogP contribution in [0.3, 0.4) is 0 Å². The molecule has 144 valence electrons. The second-order valence-electron chi connectivity index (χ2n) is 7.47. The Kier molecular flexibility index (Phi) is 4.01. The van der Waals surface area contributed by atoms with Crippen molar-refractivity contribution < 1.29 is 4.79 Å². The second kappa shape index (κ2) is 6.70. The van der Waals surface area contributed by atoms with Gasteiger partial charge in [-0.15, -0.1) is 0 Å². The molecule has 1 aliphatic carbocycles. The van der Waals surface area contributed by atoms with Crippen LogP contribution < -0.4 is 11.1 Å². The van der Waals surface area contributed by atoms with Gasteiger partial charge in [0.2, 0.25) is 5.91 Å². The number of H-pyrrole nitrogens is 1. The number of pyridine rings is 2. The Hall–Kier alpha value is -3.74.